The van der Waals surface area contributed by atoms with E-state index in [1.807, 2.05) is 35.7 Å². The molecule has 6 rings (SSSR count). The van der Waals surface area contributed by atoms with E-state index in [0.29, 0.717) is 23.2 Å². The number of hydrogen-bond acceptors (Lipinski definition) is 9. The quantitative estimate of drug-likeness (QED) is 0.0736. The molecule has 0 spiro atoms. The zero-order valence-electron chi connectivity index (χ0n) is 31.1. The number of fused-ring (bicyclic) bond motifs is 18. The largest absolute Gasteiger partial charge is 0.480 e. The average molecular weight is 863 g/mol. The van der Waals surface area contributed by atoms with Crippen molar-refractivity contribution in [2.24, 2.45) is 0 Å². The van der Waals surface area contributed by atoms with Gasteiger partial charge in [-0.3, -0.25) is 24.0 Å². The number of thiophene rings is 1. The minimum absolute atomic E-state index is 0.00949. The number of carbonyl (C=O) groups is 6. The Morgan fingerprint density at radius 3 is 2.05 bits per heavy atom. The molecule has 0 saturated carbocycles. The van der Waals surface area contributed by atoms with Crippen LogP contribution in [0.2, 0.25) is 0 Å². The molecule has 14 nitrogen and oxygen atoms in total. The van der Waals surface area contributed by atoms with Crippen LogP contribution in [0.1, 0.15) is 41.3 Å². The molecule has 2 bridgehead atoms. The fourth-order valence-electron chi connectivity index (χ4n) is 6.07. The van der Waals surface area contributed by atoms with Crippen LogP contribution in [0.4, 0.5) is 5.69 Å². The van der Waals surface area contributed by atoms with Gasteiger partial charge in [0, 0.05) is 34.3 Å². The lowest BCUT2D eigenvalue weighted by Gasteiger charge is -2.26. The van der Waals surface area contributed by atoms with Gasteiger partial charge in [-0.25, -0.2) is 14.6 Å². The van der Waals surface area contributed by atoms with E-state index < -0.39 is 72.2 Å². The molecule has 1 aromatic heterocycles. The summed E-state index contributed by atoms with van der Waals surface area (Å²) in [4.78, 5) is 92.9. The highest BCUT2D eigenvalue weighted by Crippen LogP contribution is 2.17. The first-order chi connectivity index (χ1) is 27.5. The Morgan fingerprint density at radius 2 is 1.40 bits per heavy atom. The molecule has 300 valence electrons. The minimum Gasteiger partial charge on any atom is -0.480 e. The first kappa shape index (κ1) is 42.7. The Kier molecular flexibility index (Phi) is 15.9. The van der Waals surface area contributed by atoms with Crippen LogP contribution in [-0.2, 0) is 64.2 Å². The first-order valence-electron chi connectivity index (χ1n) is 18.4. The summed E-state index contributed by atoms with van der Waals surface area (Å²) in [5, 5.41) is 25.6. The van der Waals surface area contributed by atoms with E-state index >= 15 is 0 Å². The molecule has 5 amide bonds. The Balaban J connectivity index is 1.52. The summed E-state index contributed by atoms with van der Waals surface area (Å²) in [7, 11) is 0. The van der Waals surface area contributed by atoms with Crippen molar-refractivity contribution in [2.45, 2.75) is 75.7 Å². The summed E-state index contributed by atoms with van der Waals surface area (Å²) < 4.78 is 0.798. The van der Waals surface area contributed by atoms with Gasteiger partial charge in [-0.1, -0.05) is 76.6 Å². The topological polar surface area (TPSA) is 201 Å². The fraction of sp³-hybridized carbons (Fsp3) is 0.317. The molecule has 0 unspecified atom stereocenters. The zero-order chi connectivity index (χ0) is 40.7. The summed E-state index contributed by atoms with van der Waals surface area (Å²) in [6.45, 7) is 1.73. The van der Waals surface area contributed by atoms with Crippen LogP contribution in [0.3, 0.4) is 0 Å². The van der Waals surface area contributed by atoms with Crippen LogP contribution in [0.15, 0.2) is 101 Å². The van der Waals surface area contributed by atoms with Gasteiger partial charge in [-0.05, 0) is 72.2 Å². The van der Waals surface area contributed by atoms with Crippen LogP contribution in [0.25, 0.3) is 0 Å². The molecule has 0 saturated heterocycles. The van der Waals surface area contributed by atoms with Gasteiger partial charge in [0.2, 0.25) is 23.6 Å². The normalized spacial score (nSPS) is 21.3. The van der Waals surface area contributed by atoms with Crippen molar-refractivity contribution in [3.8, 4) is 0 Å². The summed E-state index contributed by atoms with van der Waals surface area (Å²) in [6.07, 6.45) is -1.48. The Morgan fingerprint density at radius 1 is 0.737 bits per heavy atom. The van der Waals surface area contributed by atoms with Crippen molar-refractivity contribution in [3.05, 3.63) is 122 Å². The molecule has 5 atom stereocenters. The Hall–Kier alpha value is -5.42. The summed E-state index contributed by atoms with van der Waals surface area (Å²) >= 11 is 4.79. The predicted molar refractivity (Wildman–Crippen MR) is 216 cm³/mol. The van der Waals surface area contributed by atoms with Gasteiger partial charge >= 0.3 is 5.97 Å². The molecule has 6 N–H and O–H groups in total. The van der Waals surface area contributed by atoms with Crippen LogP contribution in [-0.4, -0.2) is 77.5 Å². The van der Waals surface area contributed by atoms with Gasteiger partial charge in [0.15, 0.2) is 6.10 Å². The number of nitrogens with one attached hydrogen (secondary N) is 5. The molecular weight excluding hydrogens is 818 g/mol. The molecule has 0 aliphatic carbocycles. The molecule has 2 aliphatic rings. The number of carbonyl (C=O) groups excluding carboxylic acids is 5. The number of rotatable bonds is 11. The Bertz CT molecular complexity index is 1980. The van der Waals surface area contributed by atoms with E-state index in [-0.39, 0.29) is 32.3 Å². The monoisotopic (exact) mass is 861 g/mol. The van der Waals surface area contributed by atoms with Gasteiger partial charge in [0.1, 0.15) is 24.2 Å². The maximum absolute atomic E-state index is 14.3. The lowest BCUT2D eigenvalue weighted by Crippen LogP contribution is -2.58. The predicted octanol–water partition coefficient (Wildman–Crippen LogP) is 3.87. The number of anilines is 1. The number of carboxylic acid groups (broad SMARTS) is 1. The second-order valence-corrected chi connectivity index (χ2v) is 15.3. The summed E-state index contributed by atoms with van der Waals surface area (Å²) in [6, 6.07) is 21.3. The summed E-state index contributed by atoms with van der Waals surface area (Å²) in [5.41, 5.74) is 2.44. The maximum Gasteiger partial charge on any atom is 0.326 e. The van der Waals surface area contributed by atoms with E-state index in [4.69, 9.17) is 9.78 Å². The molecule has 3 heterocycles. The minimum atomic E-state index is -1.42. The smallest absolute Gasteiger partial charge is 0.326 e. The third kappa shape index (κ3) is 13.3. The standard InChI is InChI=1S/C41H44BrN5O9S/c1-2-55-56-35-24-36(48)44-33(23-30-9-6-20-57-30)39(51)46-32(21-26-10-15-28(42)16-11-26)38(50)45-31(19-14-25-7-4-3-5-8-25)37(49)47-34(41(53)54)22-27-12-17-29(18-13-27)43-40(35)52/h3-13,15-18,20,31-35H,2,14,19,21-24H2,1H3,(H,43,52)(H,44,48)(H,45,50)(H,46,51)(H,47,49)(H,53,54)/t31-,32+,33-,34-,35-/m1/s1. The molecule has 2 aliphatic heterocycles. The van der Waals surface area contributed by atoms with Crippen molar-refractivity contribution in [3.63, 3.8) is 0 Å². The number of halogens is 1. The lowest BCUT2D eigenvalue weighted by atomic mass is 10.0. The highest BCUT2D eigenvalue weighted by atomic mass is 79.9. The molecule has 4 aromatic rings. The number of hydrogen-bond donors (Lipinski definition) is 6. The molecule has 3 aromatic carbocycles. The van der Waals surface area contributed by atoms with Crippen LogP contribution in [0, 0.1) is 0 Å². The van der Waals surface area contributed by atoms with Gasteiger partial charge in [0.25, 0.3) is 5.91 Å². The summed E-state index contributed by atoms with van der Waals surface area (Å²) in [5.74, 6) is -4.81. The van der Waals surface area contributed by atoms with E-state index in [0.717, 1.165) is 14.9 Å². The van der Waals surface area contributed by atoms with E-state index in [1.54, 1.807) is 67.6 Å². The first-order valence-corrected chi connectivity index (χ1v) is 20.1. The number of aliphatic carboxylic acids is 1. The van der Waals surface area contributed by atoms with Crippen molar-refractivity contribution in [1.82, 2.24) is 21.3 Å². The van der Waals surface area contributed by atoms with Gasteiger partial charge < -0.3 is 31.7 Å². The van der Waals surface area contributed by atoms with Crippen molar-refractivity contribution in [2.75, 3.05) is 11.9 Å². The molecular formula is C41H44BrN5O9S. The van der Waals surface area contributed by atoms with Crippen molar-refractivity contribution in [1.29, 1.82) is 0 Å². The molecule has 0 radical (unpaired) electrons. The van der Waals surface area contributed by atoms with Crippen molar-refractivity contribution < 1.29 is 43.6 Å². The molecule has 16 heteroatoms. The number of aryl methyl sites for hydroxylation is 1. The number of carboxylic acids is 1. The number of amides is 5. The molecule has 0 fully saturated rings. The van der Waals surface area contributed by atoms with Crippen LogP contribution in [0.5, 0.6) is 0 Å². The van der Waals surface area contributed by atoms with Crippen LogP contribution >= 0.6 is 27.3 Å². The van der Waals surface area contributed by atoms with Gasteiger partial charge in [-0.15, -0.1) is 11.3 Å². The average Bonchev–Trinajstić information content (AvgIpc) is 3.72. The second-order valence-electron chi connectivity index (χ2n) is 13.4. The highest BCUT2D eigenvalue weighted by Gasteiger charge is 2.33. The second kappa shape index (κ2) is 21.2. The van der Waals surface area contributed by atoms with E-state index in [9.17, 15) is 33.9 Å². The fourth-order valence-corrected chi connectivity index (χ4v) is 7.09. The van der Waals surface area contributed by atoms with Gasteiger partial charge in [0.05, 0.1) is 13.0 Å². The number of benzene rings is 3. The Labute approximate surface area is 342 Å². The lowest BCUT2D eigenvalue weighted by molar-refractivity contribution is -0.312. The van der Waals surface area contributed by atoms with Gasteiger partial charge in [-0.2, -0.15) is 0 Å². The molecule has 57 heavy (non-hydrogen) atoms. The van der Waals surface area contributed by atoms with Crippen molar-refractivity contribution >= 4 is 68.5 Å². The SMILES string of the molecule is CCOO[C@@H]1CC(=O)N[C@H](Cc2cccs2)C(=O)N[C@@H](Cc2ccc(Br)cc2)C(=O)N[C@H](CCc2ccccc2)C(=O)N[C@@H](C(=O)O)Cc2ccc(cc2)NC1=O. The third-order valence-electron chi connectivity index (χ3n) is 9.06. The third-order valence-corrected chi connectivity index (χ3v) is 10.5. The van der Waals surface area contributed by atoms with Crippen LogP contribution < -0.4 is 26.6 Å². The highest BCUT2D eigenvalue weighted by molar-refractivity contribution is 9.10. The van der Waals surface area contributed by atoms with E-state index in [2.05, 4.69) is 42.5 Å². The zero-order valence-corrected chi connectivity index (χ0v) is 33.5. The van der Waals surface area contributed by atoms with E-state index in [1.165, 1.54) is 11.3 Å². The maximum atomic E-state index is 14.3.